The summed E-state index contributed by atoms with van der Waals surface area (Å²) in [5, 5.41) is 0. The van der Waals surface area contributed by atoms with Gasteiger partial charge in [-0.3, -0.25) is 4.79 Å². The first-order chi connectivity index (χ1) is 9.60. The molecule has 2 unspecified atom stereocenters. The fourth-order valence-electron chi connectivity index (χ4n) is 4.39. The van der Waals surface area contributed by atoms with E-state index < -0.39 is 0 Å². The van der Waals surface area contributed by atoms with E-state index in [-0.39, 0.29) is 16.7 Å². The molecule has 0 N–H and O–H groups in total. The van der Waals surface area contributed by atoms with Crippen LogP contribution in [0.3, 0.4) is 0 Å². The van der Waals surface area contributed by atoms with Crippen LogP contribution in [0.25, 0.3) is 0 Å². The zero-order valence-electron chi connectivity index (χ0n) is 14.3. The molecule has 0 heterocycles. The summed E-state index contributed by atoms with van der Waals surface area (Å²) >= 11 is 0. The van der Waals surface area contributed by atoms with Gasteiger partial charge in [-0.05, 0) is 51.8 Å². The van der Waals surface area contributed by atoms with Crippen LogP contribution in [0, 0.1) is 5.92 Å². The highest BCUT2D eigenvalue weighted by molar-refractivity contribution is 5.90. The summed E-state index contributed by atoms with van der Waals surface area (Å²) in [4.78, 5) is 12.5. The average Bonchev–Trinajstić information content (AvgIpc) is 2.85. The molecule has 1 aromatic rings. The van der Waals surface area contributed by atoms with Crippen LogP contribution in [0.1, 0.15) is 82.6 Å². The lowest BCUT2D eigenvalue weighted by molar-refractivity contribution is -0.118. The lowest BCUT2D eigenvalue weighted by Gasteiger charge is -2.29. The van der Waals surface area contributed by atoms with Crippen LogP contribution in [0.5, 0.6) is 0 Å². The minimum absolute atomic E-state index is 0.109. The Labute approximate surface area is 129 Å². The van der Waals surface area contributed by atoms with Crippen molar-refractivity contribution in [3.05, 3.63) is 34.4 Å². The van der Waals surface area contributed by atoms with E-state index in [1.807, 2.05) is 0 Å². The number of carbonyl (C=O) groups excluding carboxylic acids is 1. The standard InChI is InChI=1S/C20H28O/c1-19(2,3)14-8-9-15(20(4,5)6)18-13(14)11-12-7-10-16(21)17(12)18/h8-9,12,17H,7,10-11H2,1-6H3. The molecule has 1 fully saturated rings. The summed E-state index contributed by atoms with van der Waals surface area (Å²) in [6.45, 7) is 13.7. The van der Waals surface area contributed by atoms with Gasteiger partial charge >= 0.3 is 0 Å². The van der Waals surface area contributed by atoms with Crippen LogP contribution in [0.2, 0.25) is 0 Å². The molecule has 2 aliphatic rings. The van der Waals surface area contributed by atoms with Crippen molar-refractivity contribution in [2.24, 2.45) is 5.92 Å². The molecule has 3 rings (SSSR count). The van der Waals surface area contributed by atoms with Gasteiger partial charge in [0.1, 0.15) is 5.78 Å². The molecule has 0 spiro atoms. The fourth-order valence-corrected chi connectivity index (χ4v) is 4.39. The second-order valence-corrected chi connectivity index (χ2v) is 9.00. The maximum Gasteiger partial charge on any atom is 0.140 e. The van der Waals surface area contributed by atoms with Gasteiger partial charge in [0, 0.05) is 12.3 Å². The molecule has 0 aliphatic heterocycles. The van der Waals surface area contributed by atoms with Crippen molar-refractivity contribution >= 4 is 5.78 Å². The smallest absolute Gasteiger partial charge is 0.140 e. The number of benzene rings is 1. The Morgan fingerprint density at radius 3 is 2.10 bits per heavy atom. The topological polar surface area (TPSA) is 17.1 Å². The van der Waals surface area contributed by atoms with Gasteiger partial charge < -0.3 is 0 Å². The minimum atomic E-state index is 0.109. The molecule has 1 nitrogen and oxygen atoms in total. The highest BCUT2D eigenvalue weighted by Crippen LogP contribution is 2.51. The zero-order chi connectivity index (χ0) is 15.6. The molecule has 2 aliphatic carbocycles. The van der Waals surface area contributed by atoms with Crippen LogP contribution >= 0.6 is 0 Å². The summed E-state index contributed by atoms with van der Waals surface area (Å²) in [7, 11) is 0. The lowest BCUT2D eigenvalue weighted by atomic mass is 9.75. The number of rotatable bonds is 0. The van der Waals surface area contributed by atoms with Crippen molar-refractivity contribution in [1.29, 1.82) is 0 Å². The second-order valence-electron chi connectivity index (χ2n) is 9.00. The van der Waals surface area contributed by atoms with Crippen LogP contribution in [0.4, 0.5) is 0 Å². The third kappa shape index (κ3) is 2.25. The van der Waals surface area contributed by atoms with E-state index >= 15 is 0 Å². The summed E-state index contributed by atoms with van der Waals surface area (Å²) in [6.07, 6.45) is 2.99. The molecule has 0 saturated heterocycles. The van der Waals surface area contributed by atoms with E-state index in [9.17, 15) is 4.79 Å². The number of ketones is 1. The number of fused-ring (bicyclic) bond motifs is 3. The predicted octanol–water partition coefficient (Wildman–Crippen LogP) is 4.90. The van der Waals surface area contributed by atoms with Crippen LogP contribution < -0.4 is 0 Å². The molecule has 2 atom stereocenters. The van der Waals surface area contributed by atoms with Gasteiger partial charge in [-0.1, -0.05) is 53.7 Å². The number of Topliss-reactive ketones (excluding diaryl/α,β-unsaturated/α-hetero) is 1. The van der Waals surface area contributed by atoms with Crippen molar-refractivity contribution in [3.8, 4) is 0 Å². The third-order valence-corrected chi connectivity index (χ3v) is 5.33. The lowest BCUT2D eigenvalue weighted by Crippen LogP contribution is -2.21. The molecular weight excluding hydrogens is 256 g/mol. The molecular formula is C20H28O. The van der Waals surface area contributed by atoms with Gasteiger partial charge in [-0.2, -0.15) is 0 Å². The first-order valence-electron chi connectivity index (χ1n) is 8.30. The minimum Gasteiger partial charge on any atom is -0.299 e. The molecule has 1 saturated carbocycles. The summed E-state index contributed by atoms with van der Waals surface area (Å²) < 4.78 is 0. The Kier molecular flexibility index (Phi) is 3.13. The molecule has 21 heavy (non-hydrogen) atoms. The third-order valence-electron chi connectivity index (χ3n) is 5.33. The van der Waals surface area contributed by atoms with Crippen LogP contribution in [-0.4, -0.2) is 5.78 Å². The van der Waals surface area contributed by atoms with Crippen molar-refractivity contribution in [2.45, 2.75) is 77.6 Å². The quantitative estimate of drug-likeness (QED) is 0.662. The molecule has 0 amide bonds. The van der Waals surface area contributed by atoms with Gasteiger partial charge in [-0.25, -0.2) is 0 Å². The van der Waals surface area contributed by atoms with E-state index in [2.05, 4.69) is 53.7 Å². The van der Waals surface area contributed by atoms with Crippen molar-refractivity contribution in [3.63, 3.8) is 0 Å². The molecule has 1 aromatic carbocycles. The predicted molar refractivity (Wildman–Crippen MR) is 88.0 cm³/mol. The maximum absolute atomic E-state index is 12.5. The van der Waals surface area contributed by atoms with E-state index in [0.717, 1.165) is 19.3 Å². The van der Waals surface area contributed by atoms with Crippen molar-refractivity contribution < 1.29 is 4.79 Å². The Balaban J connectivity index is 2.26. The molecule has 114 valence electrons. The monoisotopic (exact) mass is 284 g/mol. The number of hydrogen-bond donors (Lipinski definition) is 0. The summed E-state index contributed by atoms with van der Waals surface area (Å²) in [5.74, 6) is 1.24. The highest BCUT2D eigenvalue weighted by atomic mass is 16.1. The number of hydrogen-bond acceptors (Lipinski definition) is 1. The SMILES string of the molecule is CC(C)(C)c1ccc(C(C)(C)C)c2c1CC1CCC(=O)C21. The summed E-state index contributed by atoms with van der Waals surface area (Å²) in [6, 6.07) is 4.62. The Hall–Kier alpha value is -1.11. The van der Waals surface area contributed by atoms with Gasteiger partial charge in [0.15, 0.2) is 0 Å². The van der Waals surface area contributed by atoms with E-state index in [0.29, 0.717) is 11.7 Å². The van der Waals surface area contributed by atoms with Crippen molar-refractivity contribution in [1.82, 2.24) is 0 Å². The first-order valence-corrected chi connectivity index (χ1v) is 8.30. The van der Waals surface area contributed by atoms with Gasteiger partial charge in [0.05, 0.1) is 0 Å². The maximum atomic E-state index is 12.5. The molecule has 0 bridgehead atoms. The normalized spacial score (nSPS) is 25.1. The van der Waals surface area contributed by atoms with Crippen LogP contribution in [0.15, 0.2) is 12.1 Å². The Bertz CT molecular complexity index is 595. The Morgan fingerprint density at radius 2 is 1.52 bits per heavy atom. The van der Waals surface area contributed by atoms with Gasteiger partial charge in [-0.15, -0.1) is 0 Å². The number of carbonyl (C=O) groups is 1. The van der Waals surface area contributed by atoms with Gasteiger partial charge in [0.2, 0.25) is 0 Å². The van der Waals surface area contributed by atoms with E-state index in [1.165, 1.54) is 22.3 Å². The zero-order valence-corrected chi connectivity index (χ0v) is 14.3. The van der Waals surface area contributed by atoms with Crippen molar-refractivity contribution in [2.75, 3.05) is 0 Å². The van der Waals surface area contributed by atoms with E-state index in [1.54, 1.807) is 0 Å². The summed E-state index contributed by atoms with van der Waals surface area (Å²) in [5.41, 5.74) is 6.02. The largest absolute Gasteiger partial charge is 0.299 e. The average molecular weight is 284 g/mol. The van der Waals surface area contributed by atoms with Crippen LogP contribution in [-0.2, 0) is 22.0 Å². The Morgan fingerprint density at radius 1 is 0.952 bits per heavy atom. The second kappa shape index (κ2) is 4.44. The molecule has 0 aromatic heterocycles. The molecule has 0 radical (unpaired) electrons. The highest BCUT2D eigenvalue weighted by Gasteiger charge is 2.45. The fraction of sp³-hybridized carbons (Fsp3) is 0.650. The van der Waals surface area contributed by atoms with Gasteiger partial charge in [0.25, 0.3) is 0 Å². The molecule has 1 heteroatoms. The van der Waals surface area contributed by atoms with E-state index in [4.69, 9.17) is 0 Å². The first kappa shape index (κ1) is 14.8.